The molecule has 0 bridgehead atoms. The summed E-state index contributed by atoms with van der Waals surface area (Å²) in [5.74, 6) is -0.396. The number of rotatable bonds is 7. The number of hydrogen-bond donors (Lipinski definition) is 0. The van der Waals surface area contributed by atoms with Crippen molar-refractivity contribution in [1.29, 1.82) is 0 Å². The zero-order valence-electron chi connectivity index (χ0n) is 16.0. The summed E-state index contributed by atoms with van der Waals surface area (Å²) < 4.78 is 14.2. The average molecular weight is 407 g/mol. The van der Waals surface area contributed by atoms with Crippen LogP contribution in [-0.4, -0.2) is 36.7 Å². The lowest BCUT2D eigenvalue weighted by molar-refractivity contribution is -0.384. The molecule has 1 aromatic carbocycles. The Hall–Kier alpha value is -4.21. The molecule has 10 heteroatoms. The van der Waals surface area contributed by atoms with Crippen molar-refractivity contribution in [3.63, 3.8) is 0 Å². The highest BCUT2D eigenvalue weighted by molar-refractivity contribution is 5.90. The molecular weight excluding hydrogens is 390 g/mol. The fourth-order valence-corrected chi connectivity index (χ4v) is 2.87. The van der Waals surface area contributed by atoms with Gasteiger partial charge < -0.3 is 13.9 Å². The number of esters is 1. The SMILES string of the molecule is CCOC(=O)c1nn(-c2ccc([N+](=O)[O-])cc2)cc1OCc1cn2ccccc2n1. The van der Waals surface area contributed by atoms with E-state index in [1.165, 1.54) is 35.1 Å². The summed E-state index contributed by atoms with van der Waals surface area (Å²) in [6.07, 6.45) is 5.24. The first-order valence-corrected chi connectivity index (χ1v) is 9.12. The van der Waals surface area contributed by atoms with Gasteiger partial charge in [0.05, 0.1) is 29.1 Å². The number of ether oxygens (including phenoxy) is 2. The molecule has 0 aliphatic rings. The highest BCUT2D eigenvalue weighted by atomic mass is 16.6. The van der Waals surface area contributed by atoms with Gasteiger partial charge in [0.1, 0.15) is 12.3 Å². The van der Waals surface area contributed by atoms with Gasteiger partial charge in [-0.2, -0.15) is 5.10 Å². The maximum Gasteiger partial charge on any atom is 0.362 e. The third kappa shape index (κ3) is 3.83. The van der Waals surface area contributed by atoms with Crippen LogP contribution in [0.1, 0.15) is 23.1 Å². The predicted octanol–water partition coefficient (Wildman–Crippen LogP) is 3.18. The monoisotopic (exact) mass is 407 g/mol. The van der Waals surface area contributed by atoms with Gasteiger partial charge in [0.25, 0.3) is 5.69 Å². The molecule has 0 amide bonds. The van der Waals surface area contributed by atoms with Crippen molar-refractivity contribution < 1.29 is 19.2 Å². The summed E-state index contributed by atoms with van der Waals surface area (Å²) in [6.45, 7) is 2.01. The number of nitro groups is 1. The molecule has 4 aromatic rings. The Labute approximate surface area is 170 Å². The van der Waals surface area contributed by atoms with Crippen molar-refractivity contribution in [3.8, 4) is 11.4 Å². The summed E-state index contributed by atoms with van der Waals surface area (Å²) in [6, 6.07) is 11.4. The number of imidazole rings is 1. The number of hydrogen-bond acceptors (Lipinski definition) is 7. The molecule has 0 unspecified atom stereocenters. The first kappa shape index (κ1) is 19.1. The fourth-order valence-electron chi connectivity index (χ4n) is 2.87. The summed E-state index contributed by atoms with van der Waals surface area (Å²) in [5, 5.41) is 15.1. The molecule has 0 radical (unpaired) electrons. The smallest absolute Gasteiger partial charge is 0.362 e. The largest absolute Gasteiger partial charge is 0.483 e. The van der Waals surface area contributed by atoms with Crippen LogP contribution in [0.5, 0.6) is 5.75 Å². The van der Waals surface area contributed by atoms with Gasteiger partial charge in [-0.3, -0.25) is 10.1 Å². The van der Waals surface area contributed by atoms with Gasteiger partial charge in [-0.1, -0.05) is 6.07 Å². The second-order valence-electron chi connectivity index (χ2n) is 6.27. The van der Waals surface area contributed by atoms with Gasteiger partial charge in [-0.25, -0.2) is 14.5 Å². The van der Waals surface area contributed by atoms with Crippen LogP contribution in [0.2, 0.25) is 0 Å². The Morgan fingerprint density at radius 1 is 1.17 bits per heavy atom. The first-order chi connectivity index (χ1) is 14.5. The molecule has 0 saturated carbocycles. The van der Waals surface area contributed by atoms with Gasteiger partial charge in [0.15, 0.2) is 5.75 Å². The van der Waals surface area contributed by atoms with Crippen LogP contribution in [0.3, 0.4) is 0 Å². The molecule has 0 spiro atoms. The molecule has 30 heavy (non-hydrogen) atoms. The third-order valence-electron chi connectivity index (χ3n) is 4.26. The predicted molar refractivity (Wildman–Crippen MR) is 106 cm³/mol. The van der Waals surface area contributed by atoms with Crippen molar-refractivity contribution in [3.05, 3.63) is 82.6 Å². The minimum atomic E-state index is -0.622. The minimum absolute atomic E-state index is 0.0129. The van der Waals surface area contributed by atoms with E-state index in [-0.39, 0.29) is 30.3 Å². The van der Waals surface area contributed by atoms with E-state index in [0.717, 1.165) is 5.65 Å². The average Bonchev–Trinajstić information content (AvgIpc) is 3.36. The molecule has 4 rings (SSSR count). The number of carbonyl (C=O) groups excluding carboxylic acids is 1. The van der Waals surface area contributed by atoms with E-state index >= 15 is 0 Å². The number of fused-ring (bicyclic) bond motifs is 1. The van der Waals surface area contributed by atoms with E-state index in [0.29, 0.717) is 11.4 Å². The number of aromatic nitrogens is 4. The molecule has 152 valence electrons. The molecule has 0 aliphatic heterocycles. The maximum absolute atomic E-state index is 12.3. The molecule has 0 atom stereocenters. The molecule has 0 aliphatic carbocycles. The van der Waals surface area contributed by atoms with Crippen LogP contribution >= 0.6 is 0 Å². The summed E-state index contributed by atoms with van der Waals surface area (Å²) in [7, 11) is 0. The van der Waals surface area contributed by atoms with Crippen LogP contribution in [0.4, 0.5) is 5.69 Å². The van der Waals surface area contributed by atoms with Gasteiger partial charge in [-0.15, -0.1) is 0 Å². The number of nitro benzene ring substituents is 1. The molecule has 3 aromatic heterocycles. The highest BCUT2D eigenvalue weighted by Gasteiger charge is 2.21. The zero-order valence-corrected chi connectivity index (χ0v) is 16.0. The Morgan fingerprint density at radius 3 is 2.67 bits per heavy atom. The van der Waals surface area contributed by atoms with Gasteiger partial charge in [-0.05, 0) is 31.2 Å². The van der Waals surface area contributed by atoms with Crippen molar-refractivity contribution in [2.75, 3.05) is 6.61 Å². The lowest BCUT2D eigenvalue weighted by Crippen LogP contribution is -2.08. The zero-order chi connectivity index (χ0) is 21.1. The van der Waals surface area contributed by atoms with Gasteiger partial charge in [0.2, 0.25) is 5.69 Å². The van der Waals surface area contributed by atoms with E-state index in [1.54, 1.807) is 6.92 Å². The number of carbonyl (C=O) groups is 1. The van der Waals surface area contributed by atoms with Crippen molar-refractivity contribution in [2.45, 2.75) is 13.5 Å². The van der Waals surface area contributed by atoms with E-state index < -0.39 is 10.9 Å². The van der Waals surface area contributed by atoms with E-state index in [2.05, 4.69) is 10.1 Å². The Morgan fingerprint density at radius 2 is 1.97 bits per heavy atom. The summed E-state index contributed by atoms with van der Waals surface area (Å²) in [4.78, 5) is 27.1. The van der Waals surface area contributed by atoms with Crippen molar-refractivity contribution in [1.82, 2.24) is 19.2 Å². The topological polar surface area (TPSA) is 114 Å². The van der Waals surface area contributed by atoms with E-state index in [4.69, 9.17) is 9.47 Å². The Balaban J connectivity index is 1.61. The fraction of sp³-hybridized carbons (Fsp3) is 0.150. The molecule has 3 heterocycles. The minimum Gasteiger partial charge on any atom is -0.483 e. The maximum atomic E-state index is 12.3. The number of pyridine rings is 1. The van der Waals surface area contributed by atoms with Crippen LogP contribution < -0.4 is 4.74 Å². The van der Waals surface area contributed by atoms with Crippen LogP contribution in [0, 0.1) is 10.1 Å². The lowest BCUT2D eigenvalue weighted by Gasteiger charge is -2.03. The molecule has 0 fully saturated rings. The molecule has 0 N–H and O–H groups in total. The Kier molecular flexibility index (Phi) is 5.12. The number of nitrogens with zero attached hydrogens (tertiary/aromatic N) is 5. The highest BCUT2D eigenvalue weighted by Crippen LogP contribution is 2.23. The van der Waals surface area contributed by atoms with E-state index in [1.807, 2.05) is 35.0 Å². The summed E-state index contributed by atoms with van der Waals surface area (Å²) >= 11 is 0. The van der Waals surface area contributed by atoms with Crippen LogP contribution in [0.25, 0.3) is 11.3 Å². The lowest BCUT2D eigenvalue weighted by atomic mass is 10.3. The quantitative estimate of drug-likeness (QED) is 0.263. The second kappa shape index (κ2) is 8.03. The van der Waals surface area contributed by atoms with Crippen LogP contribution in [-0.2, 0) is 11.3 Å². The van der Waals surface area contributed by atoms with Gasteiger partial charge >= 0.3 is 5.97 Å². The Bertz CT molecular complexity index is 1180. The van der Waals surface area contributed by atoms with E-state index in [9.17, 15) is 14.9 Å². The molecular formula is C20H17N5O5. The van der Waals surface area contributed by atoms with Crippen molar-refractivity contribution >= 4 is 17.3 Å². The first-order valence-electron chi connectivity index (χ1n) is 9.12. The van der Waals surface area contributed by atoms with Crippen LogP contribution in [0.15, 0.2) is 61.1 Å². The second-order valence-corrected chi connectivity index (χ2v) is 6.27. The molecule has 0 saturated heterocycles. The molecule has 10 nitrogen and oxygen atoms in total. The number of benzene rings is 1. The van der Waals surface area contributed by atoms with Crippen molar-refractivity contribution in [2.24, 2.45) is 0 Å². The number of non-ortho nitro benzene ring substituents is 1. The normalized spacial score (nSPS) is 10.8. The summed E-state index contributed by atoms with van der Waals surface area (Å²) in [5.41, 5.74) is 1.97. The third-order valence-corrected chi connectivity index (χ3v) is 4.26. The standard InChI is InChI=1S/C20H17N5O5/c1-2-29-20(26)19-17(30-13-14-11-23-10-4-3-5-18(23)21-14)12-24(22-19)15-6-8-16(9-7-15)25(27)28/h3-12H,2,13H2,1H3. The van der Waals surface area contributed by atoms with Gasteiger partial charge in [0, 0.05) is 24.5 Å².